The van der Waals surface area contributed by atoms with Gasteiger partial charge < -0.3 is 19.4 Å². The van der Waals surface area contributed by atoms with E-state index in [4.69, 9.17) is 4.74 Å². The zero-order valence-electron chi connectivity index (χ0n) is 15.3. The van der Waals surface area contributed by atoms with Crippen LogP contribution in [-0.2, 0) is 23.9 Å². The van der Waals surface area contributed by atoms with Gasteiger partial charge in [-0.15, -0.1) is 0 Å². The first-order valence-electron chi connectivity index (χ1n) is 7.51. The van der Waals surface area contributed by atoms with Gasteiger partial charge in [0.25, 0.3) is 0 Å². The monoisotopic (exact) mass is 345 g/mol. The van der Waals surface area contributed by atoms with Crippen LogP contribution in [-0.4, -0.2) is 58.6 Å². The predicted octanol–water partition coefficient (Wildman–Crippen LogP) is 1.85. The van der Waals surface area contributed by atoms with Crippen molar-refractivity contribution in [1.82, 2.24) is 4.90 Å². The number of methoxy groups -OCH3 is 1. The summed E-state index contributed by atoms with van der Waals surface area (Å²) in [5.74, 6) is -2.83. The van der Waals surface area contributed by atoms with Crippen molar-refractivity contribution in [2.75, 3.05) is 7.11 Å². The lowest BCUT2D eigenvalue weighted by Gasteiger charge is -2.40. The fourth-order valence-corrected chi connectivity index (χ4v) is 2.23. The normalized spacial score (nSPS) is 14.3. The van der Waals surface area contributed by atoms with Gasteiger partial charge in [-0.1, -0.05) is 0 Å². The van der Waals surface area contributed by atoms with Crippen molar-refractivity contribution >= 4 is 24.3 Å². The lowest BCUT2D eigenvalue weighted by atomic mass is 9.92. The topological polar surface area (TPSA) is 110 Å². The highest BCUT2D eigenvalue weighted by Crippen LogP contribution is 2.25. The number of esters is 2. The number of carbonyl (C=O) groups excluding carboxylic acids is 3. The molecule has 1 N–H and O–H groups in total. The largest absolute Gasteiger partial charge is 0.467 e. The number of amides is 1. The van der Waals surface area contributed by atoms with E-state index in [1.54, 1.807) is 41.5 Å². The van der Waals surface area contributed by atoms with Crippen molar-refractivity contribution in [2.24, 2.45) is 5.92 Å². The summed E-state index contributed by atoms with van der Waals surface area (Å²) in [6.07, 6.45) is -1.44. The highest BCUT2D eigenvalue weighted by Gasteiger charge is 2.44. The van der Waals surface area contributed by atoms with E-state index in [2.05, 4.69) is 4.74 Å². The number of ether oxygens (including phenoxy) is 2. The second kappa shape index (κ2) is 8.12. The number of aldehydes is 1. The molecule has 0 rings (SSSR count). The Bertz CT molecular complexity index is 488. The second-order valence-corrected chi connectivity index (χ2v) is 7.38. The highest BCUT2D eigenvalue weighted by molar-refractivity contribution is 5.86. The van der Waals surface area contributed by atoms with Crippen LogP contribution in [0.5, 0.6) is 0 Å². The van der Waals surface area contributed by atoms with Crippen LogP contribution in [0, 0.1) is 5.92 Å². The molecule has 0 saturated carbocycles. The molecule has 1 amide bonds. The van der Waals surface area contributed by atoms with E-state index in [0.29, 0.717) is 6.29 Å². The summed E-state index contributed by atoms with van der Waals surface area (Å²) in [5.41, 5.74) is -1.75. The number of carbonyl (C=O) groups is 4. The fourth-order valence-electron chi connectivity index (χ4n) is 2.23. The van der Waals surface area contributed by atoms with Crippen molar-refractivity contribution < 1.29 is 33.8 Å². The first-order chi connectivity index (χ1) is 10.7. The zero-order chi connectivity index (χ0) is 19.3. The van der Waals surface area contributed by atoms with Crippen LogP contribution in [0.2, 0.25) is 0 Å². The Morgan fingerprint density at radius 3 is 1.92 bits per heavy atom. The van der Waals surface area contributed by atoms with Gasteiger partial charge in [-0.05, 0) is 41.5 Å². The molecule has 0 aromatic rings. The third-order valence-corrected chi connectivity index (χ3v) is 3.05. The van der Waals surface area contributed by atoms with Gasteiger partial charge in [0.2, 0.25) is 0 Å². The summed E-state index contributed by atoms with van der Waals surface area (Å²) in [4.78, 5) is 48.1. The molecule has 0 aliphatic rings. The van der Waals surface area contributed by atoms with Gasteiger partial charge in [0.15, 0.2) is 0 Å². The summed E-state index contributed by atoms with van der Waals surface area (Å²) in [5, 5.41) is 9.47. The van der Waals surface area contributed by atoms with Crippen molar-refractivity contribution in [3.05, 3.63) is 0 Å². The number of rotatable bonds is 6. The van der Waals surface area contributed by atoms with Crippen LogP contribution < -0.4 is 0 Å². The Morgan fingerprint density at radius 1 is 1.12 bits per heavy atom. The quantitative estimate of drug-likeness (QED) is 0.578. The van der Waals surface area contributed by atoms with Gasteiger partial charge >= 0.3 is 18.0 Å². The third-order valence-electron chi connectivity index (χ3n) is 3.05. The van der Waals surface area contributed by atoms with Crippen LogP contribution >= 0.6 is 0 Å². The first-order valence-corrected chi connectivity index (χ1v) is 7.51. The predicted molar refractivity (Wildman–Crippen MR) is 85.4 cm³/mol. The number of carboxylic acid groups (broad SMARTS) is 1. The van der Waals surface area contributed by atoms with Crippen LogP contribution in [0.1, 0.15) is 48.0 Å². The van der Waals surface area contributed by atoms with E-state index >= 15 is 0 Å². The summed E-state index contributed by atoms with van der Waals surface area (Å²) in [6, 6.07) is -1.45. The van der Waals surface area contributed by atoms with Gasteiger partial charge in [-0.3, -0.25) is 9.69 Å². The van der Waals surface area contributed by atoms with E-state index < -0.39 is 47.6 Å². The van der Waals surface area contributed by atoms with E-state index in [-0.39, 0.29) is 0 Å². The molecule has 2 atom stereocenters. The lowest BCUT2D eigenvalue weighted by Crippen LogP contribution is -2.58. The van der Waals surface area contributed by atoms with Gasteiger partial charge in [0, 0.05) is 5.54 Å². The molecule has 8 nitrogen and oxygen atoms in total. The Morgan fingerprint density at radius 2 is 1.62 bits per heavy atom. The van der Waals surface area contributed by atoms with E-state index in [1.165, 1.54) is 0 Å². The molecule has 0 aromatic carbocycles. The van der Waals surface area contributed by atoms with Gasteiger partial charge in [0.1, 0.15) is 17.9 Å². The molecule has 0 fully saturated rings. The van der Waals surface area contributed by atoms with E-state index in [1.807, 2.05) is 0 Å². The van der Waals surface area contributed by atoms with Crippen LogP contribution in [0.3, 0.4) is 0 Å². The number of hydrogen-bond donors (Lipinski definition) is 1. The summed E-state index contributed by atoms with van der Waals surface area (Å²) in [6.45, 7) is 9.72. The smallest absolute Gasteiger partial charge is 0.408 e. The molecule has 0 saturated heterocycles. The molecular formula is C16H27NO7. The standard InChI is InChI=1S/C16H27NO7/c1-15(2,3)17(14(21)22)12(13(20)23-7)10(9-18)8-11(19)24-16(4,5)6/h9-10,12H,8H2,1-7H3,(H,21,22)/t10-,12+/m1/s1. The molecule has 0 aromatic heterocycles. The molecule has 8 heteroatoms. The summed E-state index contributed by atoms with van der Waals surface area (Å²) in [7, 11) is 1.09. The van der Waals surface area contributed by atoms with Crippen molar-refractivity contribution in [3.63, 3.8) is 0 Å². The maximum Gasteiger partial charge on any atom is 0.408 e. The molecular weight excluding hydrogens is 318 g/mol. The van der Waals surface area contributed by atoms with Gasteiger partial charge in [-0.25, -0.2) is 9.59 Å². The van der Waals surface area contributed by atoms with Gasteiger partial charge in [0.05, 0.1) is 19.4 Å². The molecule has 138 valence electrons. The molecule has 0 radical (unpaired) electrons. The van der Waals surface area contributed by atoms with Gasteiger partial charge in [-0.2, -0.15) is 0 Å². The number of hydrogen-bond acceptors (Lipinski definition) is 6. The maximum absolute atomic E-state index is 12.1. The average Bonchev–Trinajstić information content (AvgIpc) is 2.37. The van der Waals surface area contributed by atoms with E-state index in [9.17, 15) is 24.3 Å². The SMILES string of the molecule is COC(=O)[C@H]([C@@H](C=O)CC(=O)OC(C)(C)C)N(C(=O)O)C(C)(C)C. The van der Waals surface area contributed by atoms with Crippen molar-refractivity contribution in [3.8, 4) is 0 Å². The number of nitrogens with zero attached hydrogens (tertiary/aromatic N) is 1. The summed E-state index contributed by atoms with van der Waals surface area (Å²) >= 11 is 0. The maximum atomic E-state index is 12.1. The molecule has 0 spiro atoms. The Hall–Kier alpha value is -2.12. The molecule has 0 bridgehead atoms. The molecule has 0 aliphatic heterocycles. The van der Waals surface area contributed by atoms with Crippen molar-refractivity contribution in [2.45, 2.75) is 65.1 Å². The molecule has 24 heavy (non-hydrogen) atoms. The second-order valence-electron chi connectivity index (χ2n) is 7.38. The van der Waals surface area contributed by atoms with E-state index in [0.717, 1.165) is 12.0 Å². The lowest BCUT2D eigenvalue weighted by molar-refractivity contribution is -0.160. The average molecular weight is 345 g/mol. The fraction of sp³-hybridized carbons (Fsp3) is 0.750. The van der Waals surface area contributed by atoms with Crippen molar-refractivity contribution in [1.29, 1.82) is 0 Å². The molecule has 0 aliphatic carbocycles. The molecule has 0 heterocycles. The minimum Gasteiger partial charge on any atom is -0.467 e. The third kappa shape index (κ3) is 6.55. The van der Waals surface area contributed by atoms with Crippen LogP contribution in [0.25, 0.3) is 0 Å². The highest BCUT2D eigenvalue weighted by atomic mass is 16.6. The van der Waals surface area contributed by atoms with Crippen LogP contribution in [0.15, 0.2) is 0 Å². The Kier molecular flexibility index (Phi) is 7.40. The Balaban J connectivity index is 5.69. The zero-order valence-corrected chi connectivity index (χ0v) is 15.3. The minimum absolute atomic E-state index is 0.382. The minimum atomic E-state index is -1.45. The van der Waals surface area contributed by atoms with Crippen LogP contribution in [0.4, 0.5) is 4.79 Å². The first kappa shape index (κ1) is 21.9. The summed E-state index contributed by atoms with van der Waals surface area (Å²) < 4.78 is 9.79. The Labute approximate surface area is 142 Å². The molecule has 0 unspecified atom stereocenters.